The number of hydrogen-bond donors (Lipinski definition) is 2. The Balaban J connectivity index is 0.00000364. The Morgan fingerprint density at radius 2 is 2.04 bits per heavy atom. The van der Waals surface area contributed by atoms with E-state index in [-0.39, 0.29) is 30.1 Å². The first-order valence-electron chi connectivity index (χ1n) is 8.86. The molecule has 0 saturated heterocycles. The lowest BCUT2D eigenvalue weighted by atomic mass is 10.3. The van der Waals surface area contributed by atoms with Gasteiger partial charge in [0.05, 0.1) is 17.3 Å². The van der Waals surface area contributed by atoms with Crippen LogP contribution >= 0.6 is 35.6 Å². The summed E-state index contributed by atoms with van der Waals surface area (Å²) in [5.41, 5.74) is 2.25. The molecule has 8 heteroatoms. The second-order valence-electron chi connectivity index (χ2n) is 6.24. The van der Waals surface area contributed by atoms with Crippen LogP contribution in [0.1, 0.15) is 24.7 Å². The molecule has 0 aliphatic heterocycles. The van der Waals surface area contributed by atoms with Gasteiger partial charge in [0.15, 0.2) is 5.96 Å². The maximum absolute atomic E-state index is 6.12. The molecule has 0 bridgehead atoms. The van der Waals surface area contributed by atoms with Crippen LogP contribution in [0.2, 0.25) is 5.02 Å². The van der Waals surface area contributed by atoms with Gasteiger partial charge in [-0.1, -0.05) is 23.7 Å². The van der Waals surface area contributed by atoms with Gasteiger partial charge in [-0.25, -0.2) is 0 Å². The summed E-state index contributed by atoms with van der Waals surface area (Å²) in [4.78, 5) is 4.24. The first kappa shape index (κ1) is 23.6. The average molecular weight is 506 g/mol. The number of halogens is 2. The van der Waals surface area contributed by atoms with Crippen molar-refractivity contribution in [3.63, 3.8) is 0 Å². The Bertz CT molecular complexity index is 735. The molecule has 0 aliphatic rings. The Labute approximate surface area is 183 Å². The van der Waals surface area contributed by atoms with Crippen molar-refractivity contribution in [1.82, 2.24) is 20.4 Å². The number of hydrogen-bond acceptors (Lipinski definition) is 3. The molecule has 0 amide bonds. The van der Waals surface area contributed by atoms with Gasteiger partial charge >= 0.3 is 0 Å². The van der Waals surface area contributed by atoms with E-state index in [9.17, 15) is 0 Å². The third-order valence-electron chi connectivity index (χ3n) is 3.89. The summed E-state index contributed by atoms with van der Waals surface area (Å²) in [6, 6.07) is 9.57. The Hall–Kier alpha value is -1.48. The predicted octanol–water partition coefficient (Wildman–Crippen LogP) is 3.79. The Morgan fingerprint density at radius 1 is 1.30 bits per heavy atom. The van der Waals surface area contributed by atoms with Crippen molar-refractivity contribution in [2.24, 2.45) is 4.99 Å². The zero-order valence-corrected chi connectivity index (χ0v) is 19.4. The van der Waals surface area contributed by atoms with Crippen molar-refractivity contribution in [2.45, 2.75) is 39.8 Å². The van der Waals surface area contributed by atoms with Crippen molar-refractivity contribution in [1.29, 1.82) is 0 Å². The highest BCUT2D eigenvalue weighted by molar-refractivity contribution is 14.0. The van der Waals surface area contributed by atoms with Crippen LogP contribution in [0.25, 0.3) is 0 Å². The lowest BCUT2D eigenvalue weighted by Gasteiger charge is -2.18. The van der Waals surface area contributed by atoms with E-state index in [1.165, 1.54) is 5.69 Å². The summed E-state index contributed by atoms with van der Waals surface area (Å²) in [5.74, 6) is 1.45. The largest absolute Gasteiger partial charge is 0.487 e. The zero-order valence-electron chi connectivity index (χ0n) is 16.3. The van der Waals surface area contributed by atoms with Gasteiger partial charge in [0.1, 0.15) is 11.9 Å². The standard InChI is InChI=1S/C19H28ClN5O.HI/c1-14-12-15(2)25(24-14)11-7-10-22-19(21-4)23-13-16(3)26-18-9-6-5-8-17(18)20;/h5-6,8-9,12,16H,7,10-11,13H2,1-4H3,(H2,21,22,23);1H. The summed E-state index contributed by atoms with van der Waals surface area (Å²) < 4.78 is 7.88. The zero-order chi connectivity index (χ0) is 18.9. The van der Waals surface area contributed by atoms with Crippen molar-refractivity contribution < 1.29 is 4.74 Å². The molecule has 6 nitrogen and oxygen atoms in total. The molecule has 2 aromatic rings. The van der Waals surface area contributed by atoms with Crippen molar-refractivity contribution in [3.8, 4) is 5.75 Å². The molecule has 1 aromatic carbocycles. The number of aromatic nitrogens is 2. The maximum atomic E-state index is 6.12. The third-order valence-corrected chi connectivity index (χ3v) is 4.20. The number of para-hydroxylation sites is 1. The fourth-order valence-electron chi connectivity index (χ4n) is 2.60. The molecule has 150 valence electrons. The van der Waals surface area contributed by atoms with E-state index in [1.54, 1.807) is 7.05 Å². The second-order valence-corrected chi connectivity index (χ2v) is 6.65. The summed E-state index contributed by atoms with van der Waals surface area (Å²) >= 11 is 6.12. The summed E-state index contributed by atoms with van der Waals surface area (Å²) in [6.07, 6.45) is 0.928. The number of aliphatic imine (C=N–C) groups is 1. The third kappa shape index (κ3) is 7.96. The first-order valence-corrected chi connectivity index (χ1v) is 9.24. The van der Waals surface area contributed by atoms with Crippen LogP contribution < -0.4 is 15.4 Å². The topological polar surface area (TPSA) is 63.5 Å². The van der Waals surface area contributed by atoms with Gasteiger partial charge in [0.25, 0.3) is 0 Å². The fourth-order valence-corrected chi connectivity index (χ4v) is 2.78. The first-order chi connectivity index (χ1) is 12.5. The minimum absolute atomic E-state index is 0. The summed E-state index contributed by atoms with van der Waals surface area (Å²) in [6.45, 7) is 8.41. The molecule has 2 N–H and O–H groups in total. The predicted molar refractivity (Wildman–Crippen MR) is 123 cm³/mol. The van der Waals surface area contributed by atoms with Crippen LogP contribution in [0.15, 0.2) is 35.3 Å². The van der Waals surface area contributed by atoms with E-state index in [0.29, 0.717) is 17.3 Å². The number of aryl methyl sites for hydroxylation is 3. The number of ether oxygens (including phenoxy) is 1. The molecule has 0 spiro atoms. The highest BCUT2D eigenvalue weighted by Crippen LogP contribution is 2.23. The van der Waals surface area contributed by atoms with Gasteiger partial charge < -0.3 is 15.4 Å². The number of nitrogens with zero attached hydrogens (tertiary/aromatic N) is 3. The Kier molecular flexibility index (Phi) is 10.5. The van der Waals surface area contributed by atoms with Gasteiger partial charge in [-0.2, -0.15) is 5.10 Å². The summed E-state index contributed by atoms with van der Waals surface area (Å²) in [7, 11) is 1.76. The molecule has 0 fully saturated rings. The van der Waals surface area contributed by atoms with E-state index in [4.69, 9.17) is 16.3 Å². The van der Waals surface area contributed by atoms with E-state index >= 15 is 0 Å². The molecule has 1 aromatic heterocycles. The van der Waals surface area contributed by atoms with Crippen LogP contribution in [0.3, 0.4) is 0 Å². The highest BCUT2D eigenvalue weighted by Gasteiger charge is 2.08. The van der Waals surface area contributed by atoms with Crippen molar-refractivity contribution in [3.05, 3.63) is 46.7 Å². The van der Waals surface area contributed by atoms with Gasteiger partial charge in [0.2, 0.25) is 0 Å². The number of rotatable bonds is 8. The molecule has 0 saturated carbocycles. The minimum atomic E-state index is -0.0388. The number of benzene rings is 1. The van der Waals surface area contributed by atoms with E-state index in [2.05, 4.69) is 33.7 Å². The molecule has 2 rings (SSSR count). The molecular weight excluding hydrogens is 477 g/mol. The smallest absolute Gasteiger partial charge is 0.191 e. The fraction of sp³-hybridized carbons (Fsp3) is 0.474. The normalized spacial score (nSPS) is 12.3. The van der Waals surface area contributed by atoms with Crippen LogP contribution in [-0.4, -0.2) is 42.0 Å². The average Bonchev–Trinajstić information content (AvgIpc) is 2.93. The lowest BCUT2D eigenvalue weighted by molar-refractivity contribution is 0.224. The van der Waals surface area contributed by atoms with Crippen molar-refractivity contribution in [2.75, 3.05) is 20.1 Å². The molecular formula is C19H29ClIN5O. The van der Waals surface area contributed by atoms with Crippen LogP contribution in [-0.2, 0) is 6.54 Å². The van der Waals surface area contributed by atoms with E-state index in [1.807, 2.05) is 42.8 Å². The van der Waals surface area contributed by atoms with Crippen LogP contribution in [0, 0.1) is 13.8 Å². The maximum Gasteiger partial charge on any atom is 0.191 e. The van der Waals surface area contributed by atoms with Gasteiger partial charge in [-0.3, -0.25) is 9.67 Å². The van der Waals surface area contributed by atoms with E-state index < -0.39 is 0 Å². The molecule has 0 radical (unpaired) electrons. The van der Waals surface area contributed by atoms with Crippen molar-refractivity contribution >= 4 is 41.5 Å². The van der Waals surface area contributed by atoms with Gasteiger partial charge in [-0.05, 0) is 45.4 Å². The number of nitrogens with one attached hydrogen (secondary N) is 2. The molecule has 0 aliphatic carbocycles. The highest BCUT2D eigenvalue weighted by atomic mass is 127. The quantitative estimate of drug-likeness (QED) is 0.248. The summed E-state index contributed by atoms with van der Waals surface area (Å²) in [5, 5.41) is 11.7. The van der Waals surface area contributed by atoms with Gasteiger partial charge in [0, 0.05) is 25.8 Å². The monoisotopic (exact) mass is 505 g/mol. The van der Waals surface area contributed by atoms with Gasteiger partial charge in [-0.15, -0.1) is 24.0 Å². The molecule has 1 atom stereocenters. The molecule has 27 heavy (non-hydrogen) atoms. The van der Waals surface area contributed by atoms with E-state index in [0.717, 1.165) is 31.2 Å². The minimum Gasteiger partial charge on any atom is -0.487 e. The molecule has 1 heterocycles. The lowest BCUT2D eigenvalue weighted by Crippen LogP contribution is -2.42. The van der Waals surface area contributed by atoms with Crippen LogP contribution in [0.4, 0.5) is 0 Å². The second kappa shape index (κ2) is 12.1. The Morgan fingerprint density at radius 3 is 2.67 bits per heavy atom. The number of guanidine groups is 1. The molecule has 1 unspecified atom stereocenters. The van der Waals surface area contributed by atoms with Crippen LogP contribution in [0.5, 0.6) is 5.75 Å². The SMILES string of the molecule is CN=C(NCCCn1nc(C)cc1C)NCC(C)Oc1ccccc1Cl.I.